The van der Waals surface area contributed by atoms with Crippen LogP contribution in [0.3, 0.4) is 0 Å². The van der Waals surface area contributed by atoms with Gasteiger partial charge < -0.3 is 20.7 Å². The highest BCUT2D eigenvalue weighted by Crippen LogP contribution is 2.36. The van der Waals surface area contributed by atoms with Crippen molar-refractivity contribution in [2.75, 3.05) is 17.7 Å². The minimum absolute atomic E-state index is 0.0659. The fourth-order valence-electron chi connectivity index (χ4n) is 3.22. The monoisotopic (exact) mass is 570 g/mol. The average Bonchev–Trinajstić information content (AvgIpc) is 2.92. The molecular weight excluding hydrogens is 545 g/mol. The van der Waals surface area contributed by atoms with Crippen molar-refractivity contribution in [3.63, 3.8) is 0 Å². The maximum Gasteiger partial charge on any atom is 0.417 e. The van der Waals surface area contributed by atoms with Gasteiger partial charge in [0.1, 0.15) is 17.2 Å². The molecule has 0 bridgehead atoms. The first-order valence-corrected chi connectivity index (χ1v) is 12.3. The minimum Gasteiger partial charge on any atom is -0.457 e. The van der Waals surface area contributed by atoms with Crippen LogP contribution in [0.1, 0.15) is 27.2 Å². The van der Waals surface area contributed by atoms with Gasteiger partial charge in [0.15, 0.2) is 0 Å². The number of carbonyl (C=O) groups excluding carboxylic acids is 2. The molecule has 0 saturated heterocycles. The number of nitrogens with zero attached hydrogens (tertiary/aromatic N) is 1. The van der Waals surface area contributed by atoms with Gasteiger partial charge in [-0.1, -0.05) is 47.0 Å². The molecule has 3 N–H and O–H groups in total. The Labute approximate surface area is 234 Å². The zero-order valence-electron chi connectivity index (χ0n) is 21.8. The van der Waals surface area contributed by atoms with E-state index in [1.165, 1.54) is 36.5 Å². The fourth-order valence-corrected chi connectivity index (χ4v) is 3.44. The third-order valence-electron chi connectivity index (χ3n) is 5.29. The molecule has 3 amide bonds. The van der Waals surface area contributed by atoms with Gasteiger partial charge in [-0.3, -0.25) is 9.78 Å². The Morgan fingerprint density at radius 1 is 0.800 bits per heavy atom. The summed E-state index contributed by atoms with van der Waals surface area (Å²) in [6, 6.07) is 20.1. The molecule has 0 atom stereocenters. The van der Waals surface area contributed by atoms with Crippen LogP contribution in [-0.4, -0.2) is 24.0 Å². The number of rotatable bonds is 5. The second-order valence-electron chi connectivity index (χ2n) is 8.51. The molecule has 208 valence electrons. The molecule has 11 heteroatoms. The molecule has 1 aromatic heterocycles. The highest BCUT2D eigenvalue weighted by molar-refractivity contribution is 6.31. The SMILES string of the molecule is CNC(=O)c1cc(Oc2ccc(NC(=O)Nc3ccc(Cl)c(C(F)(F)F)c3)cc2)ccn1.Cc1ccc(C)cc1. The lowest BCUT2D eigenvalue weighted by Gasteiger charge is -2.12. The highest BCUT2D eigenvalue weighted by Gasteiger charge is 2.33. The molecule has 4 rings (SSSR count). The van der Waals surface area contributed by atoms with E-state index in [-0.39, 0.29) is 17.3 Å². The summed E-state index contributed by atoms with van der Waals surface area (Å²) in [6.45, 7) is 4.19. The molecule has 0 saturated carbocycles. The van der Waals surface area contributed by atoms with E-state index >= 15 is 0 Å². The van der Waals surface area contributed by atoms with E-state index in [0.29, 0.717) is 17.2 Å². The number of alkyl halides is 3. The number of carbonyl (C=O) groups is 2. The van der Waals surface area contributed by atoms with Crippen molar-refractivity contribution in [3.8, 4) is 11.5 Å². The van der Waals surface area contributed by atoms with E-state index in [1.807, 2.05) is 0 Å². The van der Waals surface area contributed by atoms with E-state index in [2.05, 4.69) is 59.0 Å². The average molecular weight is 571 g/mol. The molecule has 4 aromatic rings. The molecule has 0 aliphatic rings. The number of aromatic nitrogens is 1. The largest absolute Gasteiger partial charge is 0.457 e. The van der Waals surface area contributed by atoms with Gasteiger partial charge >= 0.3 is 12.2 Å². The number of ether oxygens (including phenoxy) is 1. The lowest BCUT2D eigenvalue weighted by atomic mass is 10.2. The van der Waals surface area contributed by atoms with E-state index in [0.717, 1.165) is 12.1 Å². The van der Waals surface area contributed by atoms with Crippen LogP contribution in [0, 0.1) is 13.8 Å². The molecule has 0 aliphatic heterocycles. The highest BCUT2D eigenvalue weighted by atomic mass is 35.5. The maximum atomic E-state index is 12.9. The summed E-state index contributed by atoms with van der Waals surface area (Å²) in [5.74, 6) is 0.460. The van der Waals surface area contributed by atoms with Crippen molar-refractivity contribution < 1.29 is 27.5 Å². The van der Waals surface area contributed by atoms with E-state index < -0.39 is 22.8 Å². The van der Waals surface area contributed by atoms with Gasteiger partial charge in [-0.25, -0.2) is 4.79 Å². The number of benzene rings is 3. The molecule has 0 fully saturated rings. The first-order valence-electron chi connectivity index (χ1n) is 11.9. The van der Waals surface area contributed by atoms with Gasteiger partial charge in [0.05, 0.1) is 10.6 Å². The summed E-state index contributed by atoms with van der Waals surface area (Å²) >= 11 is 5.57. The second-order valence-corrected chi connectivity index (χ2v) is 8.92. The van der Waals surface area contributed by atoms with Crippen LogP contribution in [0.25, 0.3) is 0 Å². The molecule has 7 nitrogen and oxygen atoms in total. The predicted octanol–water partition coefficient (Wildman–Crippen LogP) is 7.85. The number of urea groups is 1. The first-order chi connectivity index (χ1) is 18.9. The molecule has 0 spiro atoms. The van der Waals surface area contributed by atoms with Crippen LogP contribution in [-0.2, 0) is 6.18 Å². The fraction of sp³-hybridized carbons (Fsp3) is 0.138. The standard InChI is InChI=1S/C21H16ClF3N4O3.C8H10/c1-26-19(30)18-11-15(8-9-27-18)32-14-5-2-12(3-6-14)28-20(31)29-13-4-7-17(22)16(10-13)21(23,24)25;1-7-3-5-8(2)6-4-7/h2-11H,1H3,(H,26,30)(H2,28,29,31);3-6H,1-2H3. The van der Waals surface area contributed by atoms with Crippen molar-refractivity contribution >= 4 is 34.9 Å². The van der Waals surface area contributed by atoms with Gasteiger partial charge in [0.2, 0.25) is 0 Å². The van der Waals surface area contributed by atoms with Crippen molar-refractivity contribution in [1.82, 2.24) is 10.3 Å². The third-order valence-corrected chi connectivity index (χ3v) is 5.62. The molecule has 40 heavy (non-hydrogen) atoms. The number of aryl methyl sites for hydroxylation is 2. The predicted molar refractivity (Wildman–Crippen MR) is 149 cm³/mol. The van der Waals surface area contributed by atoms with Crippen LogP contribution >= 0.6 is 11.6 Å². The number of pyridine rings is 1. The van der Waals surface area contributed by atoms with Crippen molar-refractivity contribution in [2.24, 2.45) is 0 Å². The summed E-state index contributed by atoms with van der Waals surface area (Å²) < 4.78 is 44.5. The number of nitrogens with one attached hydrogen (secondary N) is 3. The number of hydrogen-bond donors (Lipinski definition) is 3. The Morgan fingerprint density at radius 3 is 1.95 bits per heavy atom. The Balaban J connectivity index is 0.000000472. The van der Waals surface area contributed by atoms with Crippen LogP contribution in [0.4, 0.5) is 29.3 Å². The Hall–Kier alpha value is -4.57. The number of halogens is 4. The van der Waals surface area contributed by atoms with Gasteiger partial charge in [-0.05, 0) is 62.4 Å². The first kappa shape index (κ1) is 30.0. The zero-order chi connectivity index (χ0) is 29.3. The molecule has 0 unspecified atom stereocenters. The van der Waals surface area contributed by atoms with Gasteiger partial charge in [-0.15, -0.1) is 0 Å². The molecular formula is C29H26ClF3N4O3. The molecule has 0 aliphatic carbocycles. The summed E-state index contributed by atoms with van der Waals surface area (Å²) in [5, 5.41) is 6.83. The Morgan fingerprint density at radius 2 is 1.38 bits per heavy atom. The normalized spacial score (nSPS) is 10.6. The van der Waals surface area contributed by atoms with Crippen LogP contribution in [0.15, 0.2) is 85.1 Å². The van der Waals surface area contributed by atoms with E-state index in [1.54, 1.807) is 30.3 Å². The van der Waals surface area contributed by atoms with Crippen LogP contribution in [0.5, 0.6) is 11.5 Å². The molecule has 0 radical (unpaired) electrons. The maximum absolute atomic E-state index is 12.9. The summed E-state index contributed by atoms with van der Waals surface area (Å²) in [6.07, 6.45) is -3.21. The number of anilines is 2. The molecule has 3 aromatic carbocycles. The Kier molecular flexibility index (Phi) is 10.1. The lowest BCUT2D eigenvalue weighted by Crippen LogP contribution is -2.19. The van der Waals surface area contributed by atoms with Gasteiger partial charge in [0, 0.05) is 30.7 Å². The smallest absolute Gasteiger partial charge is 0.417 e. The minimum atomic E-state index is -4.64. The lowest BCUT2D eigenvalue weighted by molar-refractivity contribution is -0.137. The van der Waals surface area contributed by atoms with Crippen LogP contribution in [0.2, 0.25) is 5.02 Å². The van der Waals surface area contributed by atoms with Gasteiger partial charge in [-0.2, -0.15) is 13.2 Å². The summed E-state index contributed by atoms with van der Waals surface area (Å²) in [5.41, 5.74) is 2.11. The van der Waals surface area contributed by atoms with Crippen molar-refractivity contribution in [3.05, 3.63) is 112 Å². The molecule has 1 heterocycles. The van der Waals surface area contributed by atoms with Gasteiger partial charge in [0.25, 0.3) is 5.91 Å². The number of amides is 3. The van der Waals surface area contributed by atoms with Crippen molar-refractivity contribution in [2.45, 2.75) is 20.0 Å². The topological polar surface area (TPSA) is 92.4 Å². The second kappa shape index (κ2) is 13.5. The summed E-state index contributed by atoms with van der Waals surface area (Å²) in [7, 11) is 1.49. The Bertz CT molecular complexity index is 1440. The quantitative estimate of drug-likeness (QED) is 0.228. The van der Waals surface area contributed by atoms with Crippen molar-refractivity contribution in [1.29, 1.82) is 0 Å². The van der Waals surface area contributed by atoms with Crippen LogP contribution < -0.4 is 20.7 Å². The third kappa shape index (κ3) is 9.02. The van der Waals surface area contributed by atoms with E-state index in [4.69, 9.17) is 16.3 Å². The summed E-state index contributed by atoms with van der Waals surface area (Å²) in [4.78, 5) is 27.7. The van der Waals surface area contributed by atoms with E-state index in [9.17, 15) is 22.8 Å². The zero-order valence-corrected chi connectivity index (χ0v) is 22.5. The number of hydrogen-bond acceptors (Lipinski definition) is 4.